The minimum atomic E-state index is -0.201. The zero-order valence-electron chi connectivity index (χ0n) is 22.7. The molecule has 0 radical (unpaired) electrons. The maximum absolute atomic E-state index is 13.0. The molecule has 41 heavy (non-hydrogen) atoms. The highest BCUT2D eigenvalue weighted by Crippen LogP contribution is 2.26. The topological polar surface area (TPSA) is 83.4 Å². The fourth-order valence-electron chi connectivity index (χ4n) is 4.60. The number of carbonyl (C=O) groups is 2. The Morgan fingerprint density at radius 1 is 0.927 bits per heavy atom. The molecule has 4 aromatic rings. The van der Waals surface area contributed by atoms with Gasteiger partial charge in [0.2, 0.25) is 11.8 Å². The van der Waals surface area contributed by atoms with Crippen molar-refractivity contribution in [1.29, 1.82) is 0 Å². The van der Waals surface area contributed by atoms with Crippen molar-refractivity contribution in [3.8, 4) is 11.4 Å². The molecule has 0 spiro atoms. The minimum Gasteiger partial charge on any atom is -0.368 e. The molecular formula is C31H31ClN6O2S. The number of carbonyl (C=O) groups excluding carboxylic acids is 2. The SMILES string of the molecule is CCn1c(SCC(=O)N2CCN(c3ccc(Cl)cc3)CC2)nnc1-c1ccc(NC(=O)C=Cc2ccccc2)cc1. The molecule has 210 valence electrons. The van der Waals surface area contributed by atoms with E-state index in [1.165, 1.54) is 17.8 Å². The number of anilines is 2. The van der Waals surface area contributed by atoms with Gasteiger partial charge in [0.25, 0.3) is 0 Å². The van der Waals surface area contributed by atoms with Crippen LogP contribution >= 0.6 is 23.4 Å². The van der Waals surface area contributed by atoms with Crippen LogP contribution in [0.2, 0.25) is 5.02 Å². The summed E-state index contributed by atoms with van der Waals surface area (Å²) >= 11 is 7.41. The second kappa shape index (κ2) is 13.5. The van der Waals surface area contributed by atoms with Gasteiger partial charge in [-0.15, -0.1) is 10.2 Å². The van der Waals surface area contributed by atoms with E-state index in [0.717, 1.165) is 40.8 Å². The first kappa shape index (κ1) is 28.4. The maximum Gasteiger partial charge on any atom is 0.248 e. The van der Waals surface area contributed by atoms with Crippen LogP contribution in [0.4, 0.5) is 11.4 Å². The molecule has 1 saturated heterocycles. The highest BCUT2D eigenvalue weighted by atomic mass is 35.5. The number of aromatic nitrogens is 3. The van der Waals surface area contributed by atoms with E-state index in [2.05, 4.69) is 20.4 Å². The number of nitrogens with one attached hydrogen (secondary N) is 1. The summed E-state index contributed by atoms with van der Waals surface area (Å²) in [6, 6.07) is 25.0. The summed E-state index contributed by atoms with van der Waals surface area (Å²) < 4.78 is 2.01. The predicted molar refractivity (Wildman–Crippen MR) is 166 cm³/mol. The summed E-state index contributed by atoms with van der Waals surface area (Å²) in [5.74, 6) is 0.925. The molecule has 8 nitrogen and oxygen atoms in total. The van der Waals surface area contributed by atoms with Gasteiger partial charge in [-0.3, -0.25) is 9.59 Å². The number of nitrogens with zero attached hydrogens (tertiary/aromatic N) is 5. The first-order chi connectivity index (χ1) is 20.0. The molecule has 10 heteroatoms. The molecule has 0 saturated carbocycles. The van der Waals surface area contributed by atoms with Crippen LogP contribution in [-0.2, 0) is 16.1 Å². The van der Waals surface area contributed by atoms with E-state index < -0.39 is 0 Å². The Balaban J connectivity index is 1.14. The van der Waals surface area contributed by atoms with E-state index in [0.29, 0.717) is 36.2 Å². The quantitative estimate of drug-likeness (QED) is 0.200. The molecule has 0 bridgehead atoms. The number of thioether (sulfide) groups is 1. The van der Waals surface area contributed by atoms with Crippen molar-refractivity contribution in [2.75, 3.05) is 42.1 Å². The Hall–Kier alpha value is -4.08. The second-order valence-corrected chi connectivity index (χ2v) is 10.9. The maximum atomic E-state index is 13.0. The van der Waals surface area contributed by atoms with Gasteiger partial charge < -0.3 is 19.7 Å². The van der Waals surface area contributed by atoms with Crippen molar-refractivity contribution < 1.29 is 9.59 Å². The van der Waals surface area contributed by atoms with Crippen LogP contribution in [0.15, 0.2) is 90.1 Å². The summed E-state index contributed by atoms with van der Waals surface area (Å²) in [6.45, 7) is 5.63. The fourth-order valence-corrected chi connectivity index (χ4v) is 5.63. The van der Waals surface area contributed by atoms with Gasteiger partial charge in [-0.1, -0.05) is 53.7 Å². The summed E-state index contributed by atoms with van der Waals surface area (Å²) in [5, 5.41) is 13.1. The summed E-state index contributed by atoms with van der Waals surface area (Å²) in [5.41, 5.74) is 3.66. The van der Waals surface area contributed by atoms with Gasteiger partial charge in [-0.05, 0) is 67.1 Å². The molecule has 2 amide bonds. The Morgan fingerprint density at radius 3 is 2.32 bits per heavy atom. The van der Waals surface area contributed by atoms with Crippen LogP contribution in [0.5, 0.6) is 0 Å². The van der Waals surface area contributed by atoms with Gasteiger partial charge in [-0.2, -0.15) is 0 Å². The lowest BCUT2D eigenvalue weighted by Gasteiger charge is -2.36. The average Bonchev–Trinajstić information content (AvgIpc) is 3.43. The molecule has 1 aliphatic heterocycles. The van der Waals surface area contributed by atoms with Crippen molar-refractivity contribution in [2.24, 2.45) is 0 Å². The number of halogens is 1. The highest BCUT2D eigenvalue weighted by Gasteiger charge is 2.22. The number of rotatable bonds is 9. The fraction of sp³-hybridized carbons (Fsp3) is 0.226. The zero-order chi connectivity index (χ0) is 28.6. The van der Waals surface area contributed by atoms with Gasteiger partial charge in [0.1, 0.15) is 0 Å². The largest absolute Gasteiger partial charge is 0.368 e. The van der Waals surface area contributed by atoms with Crippen LogP contribution in [0, 0.1) is 0 Å². The average molecular weight is 587 g/mol. The van der Waals surface area contributed by atoms with Crippen LogP contribution in [0.25, 0.3) is 17.5 Å². The first-order valence-electron chi connectivity index (χ1n) is 13.5. The molecule has 1 N–H and O–H groups in total. The number of benzene rings is 3. The molecule has 1 aliphatic rings. The lowest BCUT2D eigenvalue weighted by atomic mass is 10.2. The van der Waals surface area contributed by atoms with E-state index >= 15 is 0 Å². The summed E-state index contributed by atoms with van der Waals surface area (Å²) in [7, 11) is 0. The van der Waals surface area contributed by atoms with E-state index in [1.54, 1.807) is 6.08 Å². The molecule has 0 atom stereocenters. The minimum absolute atomic E-state index is 0.0966. The van der Waals surface area contributed by atoms with Gasteiger partial charge in [0.05, 0.1) is 5.75 Å². The molecule has 0 aliphatic carbocycles. The van der Waals surface area contributed by atoms with Crippen molar-refractivity contribution in [3.05, 3.63) is 95.5 Å². The molecule has 5 rings (SSSR count). The van der Waals surface area contributed by atoms with Crippen molar-refractivity contribution >= 4 is 52.6 Å². The van der Waals surface area contributed by atoms with Crippen LogP contribution < -0.4 is 10.2 Å². The van der Waals surface area contributed by atoms with Gasteiger partial charge >= 0.3 is 0 Å². The van der Waals surface area contributed by atoms with Crippen molar-refractivity contribution in [1.82, 2.24) is 19.7 Å². The Kier molecular flexibility index (Phi) is 9.38. The van der Waals surface area contributed by atoms with E-state index in [4.69, 9.17) is 11.6 Å². The normalized spacial score (nSPS) is 13.5. The molecule has 1 fully saturated rings. The van der Waals surface area contributed by atoms with Crippen LogP contribution in [0.3, 0.4) is 0 Å². The smallest absolute Gasteiger partial charge is 0.248 e. The van der Waals surface area contributed by atoms with Crippen molar-refractivity contribution in [2.45, 2.75) is 18.6 Å². The highest BCUT2D eigenvalue weighted by molar-refractivity contribution is 7.99. The monoisotopic (exact) mass is 586 g/mol. The van der Waals surface area contributed by atoms with Gasteiger partial charge in [0.15, 0.2) is 11.0 Å². The number of hydrogen-bond donors (Lipinski definition) is 1. The number of piperazine rings is 1. The van der Waals surface area contributed by atoms with Crippen LogP contribution in [0.1, 0.15) is 12.5 Å². The Bertz CT molecular complexity index is 1500. The van der Waals surface area contributed by atoms with Crippen LogP contribution in [-0.4, -0.2) is 63.4 Å². The van der Waals surface area contributed by atoms with Gasteiger partial charge in [0, 0.05) is 60.8 Å². The third-order valence-corrected chi connectivity index (χ3v) is 8.02. The Labute approximate surface area is 249 Å². The number of hydrogen-bond acceptors (Lipinski definition) is 6. The lowest BCUT2D eigenvalue weighted by Crippen LogP contribution is -2.49. The van der Waals surface area contributed by atoms with E-state index in [-0.39, 0.29) is 11.8 Å². The van der Waals surface area contributed by atoms with Gasteiger partial charge in [-0.25, -0.2) is 0 Å². The molecule has 1 aromatic heterocycles. The molecular weight excluding hydrogens is 556 g/mol. The predicted octanol–water partition coefficient (Wildman–Crippen LogP) is 5.71. The Morgan fingerprint density at radius 2 is 1.63 bits per heavy atom. The second-order valence-electron chi connectivity index (χ2n) is 9.49. The van der Waals surface area contributed by atoms with E-state index in [1.807, 2.05) is 95.3 Å². The molecule has 3 aromatic carbocycles. The third-order valence-electron chi connectivity index (χ3n) is 6.82. The van der Waals surface area contributed by atoms with Crippen molar-refractivity contribution in [3.63, 3.8) is 0 Å². The van der Waals surface area contributed by atoms with E-state index in [9.17, 15) is 9.59 Å². The lowest BCUT2D eigenvalue weighted by molar-refractivity contribution is -0.128. The molecule has 0 unspecified atom stereocenters. The first-order valence-corrected chi connectivity index (χ1v) is 14.9. The summed E-state index contributed by atoms with van der Waals surface area (Å²) in [6.07, 6.45) is 3.29. The third kappa shape index (κ3) is 7.36. The number of amides is 2. The summed E-state index contributed by atoms with van der Waals surface area (Å²) in [4.78, 5) is 29.5. The molecule has 2 heterocycles. The zero-order valence-corrected chi connectivity index (χ0v) is 24.3. The standard InChI is InChI=1S/C31H31ClN6O2S/c1-2-38-30(24-9-13-26(14-10-24)33-28(39)17-8-23-6-4-3-5-7-23)34-35-31(38)41-22-29(40)37-20-18-36(19-21-37)27-15-11-25(32)12-16-27/h3-17H,2,18-22H2,1H3,(H,33,39).